The molecule has 0 spiro atoms. The van der Waals surface area contributed by atoms with E-state index in [1.807, 2.05) is 11.8 Å². The number of nitrogens with zero attached hydrogens (tertiary/aromatic N) is 1. The van der Waals surface area contributed by atoms with Gasteiger partial charge in [-0.05, 0) is 63.8 Å². The number of aliphatic hydroxyl groups is 2. The molecule has 7 unspecified atom stereocenters. The highest BCUT2D eigenvalue weighted by molar-refractivity contribution is 8.00. The van der Waals surface area contributed by atoms with Crippen LogP contribution in [-0.2, 0) is 24.0 Å². The highest BCUT2D eigenvalue weighted by Crippen LogP contribution is 2.33. The lowest BCUT2D eigenvalue weighted by atomic mass is 9.81. The number of ketones is 4. The molecule has 2 fully saturated rings. The lowest BCUT2D eigenvalue weighted by Gasteiger charge is -2.22. The van der Waals surface area contributed by atoms with Crippen LogP contribution in [0.2, 0.25) is 0 Å². The van der Waals surface area contributed by atoms with Gasteiger partial charge in [-0.3, -0.25) is 29.0 Å². The van der Waals surface area contributed by atoms with Crippen LogP contribution in [0.15, 0.2) is 4.99 Å². The number of urea groups is 1. The average Bonchev–Trinajstić information content (AvgIpc) is 3.69. The van der Waals surface area contributed by atoms with Gasteiger partial charge in [-0.2, -0.15) is 11.8 Å². The van der Waals surface area contributed by atoms with Gasteiger partial charge in [-0.25, -0.2) is 4.79 Å². The minimum Gasteiger partial charge on any atom is -0.396 e. The molecule has 0 bridgehead atoms. The number of fused-ring (bicyclic) bond motifs is 1. The number of Topliss-reactive ketones (excluding diaryl/α,β-unsaturated/α-hetero) is 4. The summed E-state index contributed by atoms with van der Waals surface area (Å²) in [5, 5.41) is 28.8. The van der Waals surface area contributed by atoms with E-state index in [1.54, 1.807) is 6.92 Å². The number of hydrogen-bond donors (Lipinski definition) is 8. The van der Waals surface area contributed by atoms with E-state index >= 15 is 0 Å². The second-order valence-corrected chi connectivity index (χ2v) is 16.3. The van der Waals surface area contributed by atoms with E-state index in [0.717, 1.165) is 31.4 Å². The largest absolute Gasteiger partial charge is 0.396 e. The van der Waals surface area contributed by atoms with Gasteiger partial charge in [0.2, 0.25) is 5.91 Å². The second kappa shape index (κ2) is 26.7. The highest BCUT2D eigenvalue weighted by Gasteiger charge is 2.42. The first-order valence-electron chi connectivity index (χ1n) is 19.9. The van der Waals surface area contributed by atoms with Gasteiger partial charge in [0.1, 0.15) is 23.1 Å². The van der Waals surface area contributed by atoms with E-state index < -0.39 is 24.4 Å². The molecule has 2 heterocycles. The van der Waals surface area contributed by atoms with Crippen molar-refractivity contribution in [3.05, 3.63) is 0 Å². The zero-order valence-corrected chi connectivity index (χ0v) is 33.1. The van der Waals surface area contributed by atoms with Crippen molar-refractivity contribution in [3.63, 3.8) is 0 Å². The quantitative estimate of drug-likeness (QED) is 0.0210. The molecule has 0 aliphatic carbocycles. The number of aliphatic hydroxyl groups excluding tert-OH is 2. The molecule has 2 aliphatic rings. The van der Waals surface area contributed by atoms with Gasteiger partial charge in [0.25, 0.3) is 0 Å². The van der Waals surface area contributed by atoms with Crippen LogP contribution in [0.4, 0.5) is 4.79 Å². The van der Waals surface area contributed by atoms with Crippen molar-refractivity contribution in [2.45, 2.75) is 133 Å². The Kier molecular flexibility index (Phi) is 23.3. The predicted octanol–water partition coefficient (Wildman–Crippen LogP) is 1.88. The van der Waals surface area contributed by atoms with Gasteiger partial charge >= 0.3 is 6.03 Å². The number of hydrogen-bond acceptors (Lipinski definition) is 11. The molecule has 0 saturated carbocycles. The van der Waals surface area contributed by atoms with E-state index in [1.165, 1.54) is 0 Å². The molecule has 2 rings (SSSR count). The van der Waals surface area contributed by atoms with E-state index in [4.69, 9.17) is 17.2 Å². The van der Waals surface area contributed by atoms with Gasteiger partial charge < -0.3 is 43.4 Å². The topological polar surface area (TPSA) is 269 Å². The number of amides is 3. The number of unbranched alkanes of at least 4 members (excludes halogenated alkanes) is 4. The summed E-state index contributed by atoms with van der Waals surface area (Å²) in [6.45, 7) is 2.36. The van der Waals surface area contributed by atoms with Gasteiger partial charge in [0.05, 0.1) is 18.7 Å². The van der Waals surface area contributed by atoms with Crippen LogP contribution in [0.25, 0.3) is 0 Å². The number of nitrogens with two attached hydrogens (primary N) is 3. The van der Waals surface area contributed by atoms with Crippen molar-refractivity contribution in [1.29, 1.82) is 0 Å². The summed E-state index contributed by atoms with van der Waals surface area (Å²) in [5.74, 6) is -2.45. The summed E-state index contributed by atoms with van der Waals surface area (Å²) in [7, 11) is 0. The molecule has 16 heteroatoms. The Balaban J connectivity index is 1.76. The smallest absolute Gasteiger partial charge is 0.315 e. The Morgan fingerprint density at radius 2 is 1.48 bits per heavy atom. The maximum atomic E-state index is 13.6. The van der Waals surface area contributed by atoms with Crippen LogP contribution in [0.3, 0.4) is 0 Å². The third kappa shape index (κ3) is 18.5. The first-order valence-corrected chi connectivity index (χ1v) is 21.0. The maximum Gasteiger partial charge on any atom is 0.315 e. The molecule has 2 saturated heterocycles. The predicted molar refractivity (Wildman–Crippen MR) is 211 cm³/mol. The van der Waals surface area contributed by atoms with Crippen LogP contribution >= 0.6 is 11.8 Å². The van der Waals surface area contributed by atoms with Crippen LogP contribution in [0.5, 0.6) is 0 Å². The number of carbonyl (C=O) groups excluding carboxylic acids is 6. The molecule has 0 aromatic rings. The summed E-state index contributed by atoms with van der Waals surface area (Å²) in [4.78, 5) is 80.7. The number of rotatable bonds is 32. The van der Waals surface area contributed by atoms with Crippen molar-refractivity contribution in [2.24, 2.45) is 45.9 Å². The third-order valence-corrected chi connectivity index (χ3v) is 11.9. The summed E-state index contributed by atoms with van der Waals surface area (Å²) < 4.78 is 0. The Labute approximate surface area is 324 Å². The number of carbonyl (C=O) groups is 6. The number of thioether (sulfide) groups is 1. The molecule has 0 radical (unpaired) electrons. The number of aliphatic imine (C=N–C) groups is 1. The van der Waals surface area contributed by atoms with E-state index in [9.17, 15) is 39.0 Å². The van der Waals surface area contributed by atoms with E-state index in [0.29, 0.717) is 69.7 Å². The first-order chi connectivity index (χ1) is 25.9. The van der Waals surface area contributed by atoms with Crippen molar-refractivity contribution in [2.75, 3.05) is 38.6 Å². The van der Waals surface area contributed by atoms with Crippen LogP contribution in [0.1, 0.15) is 116 Å². The van der Waals surface area contributed by atoms with Crippen molar-refractivity contribution in [1.82, 2.24) is 16.0 Å². The average molecular weight is 782 g/mol. The molecule has 15 nitrogen and oxygen atoms in total. The van der Waals surface area contributed by atoms with Gasteiger partial charge in [-0.1, -0.05) is 26.2 Å². The lowest BCUT2D eigenvalue weighted by Crippen LogP contribution is -2.36. The molecular weight excluding hydrogens is 715 g/mol. The SMILES string of the molecule is CC(CO)CC(=O)C(CCCCN)CC(=O)C(CCCN=C(N)N)CC(=O)C(CO)CC(=O)CCCCCNC(=O)CCCCC1SCC2NC(=O)NC21. The second-order valence-electron chi connectivity index (χ2n) is 15.1. The number of nitrogens with one attached hydrogen (secondary N) is 3. The molecule has 54 heavy (non-hydrogen) atoms. The summed E-state index contributed by atoms with van der Waals surface area (Å²) in [6.07, 6.45) is 7.82. The highest BCUT2D eigenvalue weighted by atomic mass is 32.2. The molecule has 2 aliphatic heterocycles. The molecular formula is C38H67N7O8S. The fourth-order valence-corrected chi connectivity index (χ4v) is 8.64. The monoisotopic (exact) mass is 781 g/mol. The third-order valence-electron chi connectivity index (χ3n) is 10.4. The molecule has 3 amide bonds. The molecule has 308 valence electrons. The number of guanidine groups is 1. The Bertz CT molecular complexity index is 1230. The summed E-state index contributed by atoms with van der Waals surface area (Å²) in [6, 6.07) is 0.280. The first kappa shape index (κ1) is 47.1. The van der Waals surface area contributed by atoms with E-state index in [-0.39, 0.29) is 104 Å². The molecule has 11 N–H and O–H groups in total. The summed E-state index contributed by atoms with van der Waals surface area (Å²) in [5.41, 5.74) is 16.5. The molecule has 0 aromatic carbocycles. The fraction of sp³-hybridized carbons (Fsp3) is 0.816. The normalized spacial score (nSPS) is 19.9. The van der Waals surface area contributed by atoms with Crippen LogP contribution in [-0.4, -0.2) is 107 Å². The van der Waals surface area contributed by atoms with Crippen molar-refractivity contribution in [3.8, 4) is 0 Å². The van der Waals surface area contributed by atoms with E-state index in [2.05, 4.69) is 20.9 Å². The molecule has 0 aromatic heterocycles. The minimum atomic E-state index is -0.931. The van der Waals surface area contributed by atoms with Gasteiger partial charge in [-0.15, -0.1) is 0 Å². The zero-order chi connectivity index (χ0) is 39.9. The Morgan fingerprint density at radius 3 is 2.15 bits per heavy atom. The summed E-state index contributed by atoms with van der Waals surface area (Å²) >= 11 is 1.87. The Hall–Kier alpha value is -3.08. The van der Waals surface area contributed by atoms with Crippen molar-refractivity contribution < 1.29 is 39.0 Å². The minimum absolute atomic E-state index is 0.00111. The fourth-order valence-electron chi connectivity index (χ4n) is 7.10. The van der Waals surface area contributed by atoms with Crippen LogP contribution in [0, 0.1) is 23.7 Å². The zero-order valence-electron chi connectivity index (χ0n) is 32.2. The Morgan fingerprint density at radius 1 is 0.815 bits per heavy atom. The molecule has 7 atom stereocenters. The van der Waals surface area contributed by atoms with Crippen molar-refractivity contribution >= 4 is 52.8 Å². The lowest BCUT2D eigenvalue weighted by molar-refractivity contribution is -0.134. The van der Waals surface area contributed by atoms with Crippen LogP contribution < -0.4 is 33.2 Å². The van der Waals surface area contributed by atoms with Gasteiger partial charge in [0, 0.05) is 87.0 Å². The van der Waals surface area contributed by atoms with Gasteiger partial charge in [0.15, 0.2) is 5.96 Å². The maximum absolute atomic E-state index is 13.6. The standard InChI is InChI=1S/C38H67N7O8S/c1-25(22-46)18-31(49)26(10-6-7-15-39)20-32(50)27(11-9-17-43-37(40)41)21-33(51)28(23-47)19-29(48)12-3-2-8-16-42-35(52)14-5-4-13-34-36-30(24-54-34)44-38(53)45-36/h25-28,30,34,36,46-47H,2-24,39H2,1H3,(H,42,52)(H4,40,41,43)(H2,44,45,53).